The molecule has 4 nitrogen and oxygen atoms in total. The smallest absolute Gasteiger partial charge is 0.307 e. The number of rotatable bonds is 4. The van der Waals surface area contributed by atoms with Gasteiger partial charge < -0.3 is 10.4 Å². The molecule has 0 aromatic rings. The third kappa shape index (κ3) is 2.13. The van der Waals surface area contributed by atoms with Crippen LogP contribution in [0.5, 0.6) is 0 Å². The first-order valence-corrected chi connectivity index (χ1v) is 10.7. The van der Waals surface area contributed by atoms with Gasteiger partial charge in [-0.15, -0.1) is 0 Å². The van der Waals surface area contributed by atoms with Crippen LogP contribution < -0.4 is 5.32 Å². The summed E-state index contributed by atoms with van der Waals surface area (Å²) in [5.74, 6) is 2.37. The highest BCUT2D eigenvalue weighted by Crippen LogP contribution is 2.64. The van der Waals surface area contributed by atoms with Crippen LogP contribution >= 0.6 is 0 Å². The number of nitrogens with one attached hydrogen (secondary N) is 1. The first-order chi connectivity index (χ1) is 12.5. The molecular formula is C22H29NO3. The summed E-state index contributed by atoms with van der Waals surface area (Å²) in [5.41, 5.74) is 0.314. The van der Waals surface area contributed by atoms with Crippen LogP contribution in [0.3, 0.4) is 0 Å². The molecular weight excluding hydrogens is 326 g/mol. The Balaban J connectivity index is 1.19. The maximum atomic E-state index is 13.2. The lowest BCUT2D eigenvalue weighted by Crippen LogP contribution is -2.54. The summed E-state index contributed by atoms with van der Waals surface area (Å²) in [6, 6.07) is 0. The molecule has 0 saturated heterocycles. The van der Waals surface area contributed by atoms with Gasteiger partial charge >= 0.3 is 5.97 Å². The molecule has 6 fully saturated rings. The number of carboxylic acid groups (broad SMARTS) is 1. The second-order valence-corrected chi connectivity index (χ2v) is 10.6. The number of hydrogen-bond donors (Lipinski definition) is 2. The number of carbonyl (C=O) groups is 2. The second kappa shape index (κ2) is 5.14. The molecule has 0 spiro atoms. The Hall–Kier alpha value is -1.32. The summed E-state index contributed by atoms with van der Waals surface area (Å²) < 4.78 is 0. The van der Waals surface area contributed by atoms with E-state index >= 15 is 0 Å². The molecule has 0 aromatic heterocycles. The second-order valence-electron chi connectivity index (χ2n) is 10.6. The highest BCUT2D eigenvalue weighted by atomic mass is 16.4. The summed E-state index contributed by atoms with van der Waals surface area (Å²) in [6.45, 7) is 0.785. The maximum Gasteiger partial charge on any atom is 0.307 e. The van der Waals surface area contributed by atoms with Gasteiger partial charge in [-0.1, -0.05) is 12.2 Å². The summed E-state index contributed by atoms with van der Waals surface area (Å²) in [4.78, 5) is 25.1. The van der Waals surface area contributed by atoms with Crippen molar-refractivity contribution in [3.63, 3.8) is 0 Å². The Morgan fingerprint density at radius 3 is 1.96 bits per heavy atom. The van der Waals surface area contributed by atoms with Crippen molar-refractivity contribution in [3.05, 3.63) is 12.2 Å². The van der Waals surface area contributed by atoms with Gasteiger partial charge in [-0.3, -0.25) is 9.59 Å². The first kappa shape index (κ1) is 15.7. The van der Waals surface area contributed by atoms with Crippen LogP contribution in [-0.2, 0) is 9.59 Å². The predicted octanol–water partition coefficient (Wildman–Crippen LogP) is 3.09. The highest BCUT2D eigenvalue weighted by molar-refractivity contribution is 5.86. The van der Waals surface area contributed by atoms with E-state index in [9.17, 15) is 14.7 Å². The van der Waals surface area contributed by atoms with Crippen molar-refractivity contribution >= 4 is 11.9 Å². The van der Waals surface area contributed by atoms with Crippen LogP contribution in [0, 0.1) is 58.7 Å². The Labute approximate surface area is 154 Å². The lowest BCUT2D eigenvalue weighted by atomic mass is 9.49. The average molecular weight is 355 g/mol. The van der Waals surface area contributed by atoms with E-state index in [1.54, 1.807) is 0 Å². The zero-order valence-electron chi connectivity index (χ0n) is 15.3. The summed E-state index contributed by atoms with van der Waals surface area (Å²) in [7, 11) is 0. The minimum absolute atomic E-state index is 0.0258. The van der Waals surface area contributed by atoms with Crippen molar-refractivity contribution < 1.29 is 14.7 Å². The summed E-state index contributed by atoms with van der Waals surface area (Å²) in [5, 5.41) is 13.1. The number of aliphatic carboxylic acids is 1. The molecule has 0 unspecified atom stereocenters. The molecule has 0 aromatic carbocycles. The largest absolute Gasteiger partial charge is 0.481 e. The van der Waals surface area contributed by atoms with Gasteiger partial charge in [0.2, 0.25) is 5.91 Å². The maximum absolute atomic E-state index is 13.2. The van der Waals surface area contributed by atoms with Crippen molar-refractivity contribution in [1.82, 2.24) is 5.32 Å². The van der Waals surface area contributed by atoms with Gasteiger partial charge in [-0.25, -0.2) is 0 Å². The molecule has 0 aliphatic heterocycles. The van der Waals surface area contributed by atoms with Gasteiger partial charge in [0.1, 0.15) is 0 Å². The van der Waals surface area contributed by atoms with E-state index < -0.39 is 11.9 Å². The number of carboxylic acids is 1. The van der Waals surface area contributed by atoms with Gasteiger partial charge in [0.15, 0.2) is 0 Å². The molecule has 8 rings (SSSR count). The van der Waals surface area contributed by atoms with Crippen LogP contribution in [0.25, 0.3) is 0 Å². The fourth-order valence-corrected chi connectivity index (χ4v) is 8.47. The first-order valence-electron chi connectivity index (χ1n) is 10.7. The summed E-state index contributed by atoms with van der Waals surface area (Å²) in [6.07, 6.45) is 13.4. The summed E-state index contributed by atoms with van der Waals surface area (Å²) >= 11 is 0. The van der Waals surface area contributed by atoms with E-state index in [-0.39, 0.29) is 23.7 Å². The number of hydrogen-bond acceptors (Lipinski definition) is 2. The topological polar surface area (TPSA) is 66.4 Å². The molecule has 0 radical (unpaired) electrons. The molecule has 4 heteroatoms. The van der Waals surface area contributed by atoms with Crippen LogP contribution in [0.15, 0.2) is 12.2 Å². The average Bonchev–Trinajstić information content (AvgIpc) is 3.40. The number of allylic oxidation sites excluding steroid dienone is 2. The van der Waals surface area contributed by atoms with Gasteiger partial charge in [0.05, 0.1) is 11.8 Å². The highest BCUT2D eigenvalue weighted by Gasteiger charge is 2.63. The van der Waals surface area contributed by atoms with E-state index in [1.807, 2.05) is 0 Å². The Morgan fingerprint density at radius 1 is 0.885 bits per heavy atom. The minimum atomic E-state index is -0.773. The third-order valence-corrected chi connectivity index (χ3v) is 9.04. The zero-order valence-corrected chi connectivity index (χ0v) is 15.3. The number of fused-ring (bicyclic) bond motifs is 1. The molecule has 1 amide bonds. The standard InChI is InChI=1S/C22H29NO3/c24-20(18-14-1-2-15(17-6-16(14)17)19(18)21(25)26)23-10-22-7-11-3-12(8-22)5-13(4-11)9-22/h1-2,11-19H,3-10H2,(H,23,24)(H,25,26)/t11?,12?,13?,14-,15-,16-,17-,18-,19+,22?/m1/s1. The molecule has 6 saturated carbocycles. The molecule has 8 aliphatic carbocycles. The van der Waals surface area contributed by atoms with E-state index in [2.05, 4.69) is 17.5 Å². The van der Waals surface area contributed by atoms with Crippen molar-refractivity contribution in [1.29, 1.82) is 0 Å². The molecule has 6 bridgehead atoms. The van der Waals surface area contributed by atoms with E-state index in [0.717, 1.165) is 30.7 Å². The van der Waals surface area contributed by atoms with Gasteiger partial charge in [0.25, 0.3) is 0 Å². The Morgan fingerprint density at radius 2 is 1.42 bits per heavy atom. The molecule has 2 N–H and O–H groups in total. The van der Waals surface area contributed by atoms with Gasteiger partial charge in [-0.2, -0.15) is 0 Å². The van der Waals surface area contributed by atoms with Crippen LogP contribution in [0.2, 0.25) is 0 Å². The Bertz CT molecular complexity index is 662. The molecule has 8 aliphatic rings. The third-order valence-electron chi connectivity index (χ3n) is 9.04. The van der Waals surface area contributed by atoms with Gasteiger partial charge in [0, 0.05) is 6.54 Å². The SMILES string of the molecule is O=C(NCC12CC3CC(CC(C3)C1)C2)[C@@H]1[C@@H]2C=C[C@H]([C@H]3C[C@H]23)[C@@H]1C(=O)O. The lowest BCUT2D eigenvalue weighted by Gasteiger charge is -2.57. The van der Waals surface area contributed by atoms with Gasteiger partial charge in [-0.05, 0) is 91.8 Å². The Kier molecular flexibility index (Phi) is 3.11. The predicted molar refractivity (Wildman–Crippen MR) is 95.9 cm³/mol. The monoisotopic (exact) mass is 355 g/mol. The van der Waals surface area contributed by atoms with Crippen molar-refractivity contribution in [2.45, 2.75) is 44.9 Å². The molecule has 140 valence electrons. The fourth-order valence-electron chi connectivity index (χ4n) is 8.47. The molecule has 0 heterocycles. The number of amides is 1. The molecule has 26 heavy (non-hydrogen) atoms. The van der Waals surface area contributed by atoms with Crippen molar-refractivity contribution in [3.8, 4) is 0 Å². The quantitative estimate of drug-likeness (QED) is 0.762. The molecule has 6 atom stereocenters. The lowest BCUT2D eigenvalue weighted by molar-refractivity contribution is -0.153. The fraction of sp³-hybridized carbons (Fsp3) is 0.818. The van der Waals surface area contributed by atoms with Crippen LogP contribution in [0.4, 0.5) is 0 Å². The number of carbonyl (C=O) groups excluding carboxylic acids is 1. The van der Waals surface area contributed by atoms with Crippen molar-refractivity contribution in [2.75, 3.05) is 6.54 Å². The zero-order chi connectivity index (χ0) is 17.6. The normalized spacial score (nSPS) is 54.8. The van der Waals surface area contributed by atoms with Crippen molar-refractivity contribution in [2.24, 2.45) is 58.7 Å². The van der Waals surface area contributed by atoms with E-state index in [1.165, 1.54) is 38.5 Å². The van der Waals surface area contributed by atoms with E-state index in [0.29, 0.717) is 17.3 Å². The van der Waals surface area contributed by atoms with Crippen LogP contribution in [0.1, 0.15) is 44.9 Å². The minimum Gasteiger partial charge on any atom is -0.481 e. The van der Waals surface area contributed by atoms with Crippen LogP contribution in [-0.4, -0.2) is 23.5 Å². The van der Waals surface area contributed by atoms with E-state index in [4.69, 9.17) is 0 Å².